The molecular formula is C14H21BrClNS. The van der Waals surface area contributed by atoms with E-state index >= 15 is 0 Å². The molecule has 0 amide bonds. The molecule has 0 saturated carbocycles. The molecule has 0 fully saturated rings. The van der Waals surface area contributed by atoms with Crippen molar-refractivity contribution in [2.24, 2.45) is 0 Å². The fourth-order valence-electron chi connectivity index (χ4n) is 1.83. The number of thioether (sulfide) groups is 1. The summed E-state index contributed by atoms with van der Waals surface area (Å²) in [5, 5.41) is 4.36. The van der Waals surface area contributed by atoms with Crippen molar-refractivity contribution in [3.8, 4) is 0 Å². The molecule has 1 rings (SSSR count). The fourth-order valence-corrected chi connectivity index (χ4v) is 3.16. The maximum atomic E-state index is 6.23. The van der Waals surface area contributed by atoms with Crippen molar-refractivity contribution in [2.45, 2.75) is 32.2 Å². The van der Waals surface area contributed by atoms with Crippen molar-refractivity contribution in [1.29, 1.82) is 0 Å². The van der Waals surface area contributed by atoms with Gasteiger partial charge in [0.15, 0.2) is 0 Å². The number of rotatable bonds is 8. The Morgan fingerprint density at radius 2 is 2.11 bits per heavy atom. The van der Waals surface area contributed by atoms with E-state index in [1.165, 1.54) is 30.6 Å². The molecule has 18 heavy (non-hydrogen) atoms. The Balaban J connectivity index is 2.29. The minimum absolute atomic E-state index is 0.311. The van der Waals surface area contributed by atoms with Crippen molar-refractivity contribution in [3.63, 3.8) is 0 Å². The summed E-state index contributed by atoms with van der Waals surface area (Å²) >= 11 is 11.6. The van der Waals surface area contributed by atoms with Crippen molar-refractivity contribution in [2.75, 3.05) is 18.6 Å². The van der Waals surface area contributed by atoms with E-state index in [-0.39, 0.29) is 0 Å². The molecular weight excluding hydrogens is 330 g/mol. The standard InChI is InChI=1S/C14H21BrClNS/c1-11(17-8-4-3-5-9-18-2)13-7-6-12(15)10-14(13)16/h6-7,10-11,17H,3-5,8-9H2,1-2H3. The van der Waals surface area contributed by atoms with Crippen LogP contribution in [0.1, 0.15) is 37.8 Å². The van der Waals surface area contributed by atoms with Crippen LogP contribution < -0.4 is 5.32 Å². The summed E-state index contributed by atoms with van der Waals surface area (Å²) in [7, 11) is 0. The third-order valence-electron chi connectivity index (χ3n) is 2.90. The van der Waals surface area contributed by atoms with Crippen LogP contribution in [0.4, 0.5) is 0 Å². The molecule has 1 atom stereocenters. The summed E-state index contributed by atoms with van der Waals surface area (Å²) in [5.74, 6) is 1.27. The van der Waals surface area contributed by atoms with Crippen molar-refractivity contribution in [3.05, 3.63) is 33.3 Å². The van der Waals surface area contributed by atoms with Gasteiger partial charge >= 0.3 is 0 Å². The van der Waals surface area contributed by atoms with Crippen LogP contribution in [0.25, 0.3) is 0 Å². The summed E-state index contributed by atoms with van der Waals surface area (Å²) in [4.78, 5) is 0. The quantitative estimate of drug-likeness (QED) is 0.640. The fraction of sp³-hybridized carbons (Fsp3) is 0.571. The molecule has 1 N–H and O–H groups in total. The van der Waals surface area contributed by atoms with Crippen LogP contribution in [0.3, 0.4) is 0 Å². The van der Waals surface area contributed by atoms with E-state index in [0.29, 0.717) is 6.04 Å². The van der Waals surface area contributed by atoms with E-state index in [2.05, 4.69) is 40.5 Å². The van der Waals surface area contributed by atoms with Gasteiger partial charge in [-0.05, 0) is 56.0 Å². The van der Waals surface area contributed by atoms with Gasteiger partial charge in [0.2, 0.25) is 0 Å². The Morgan fingerprint density at radius 3 is 2.78 bits per heavy atom. The van der Waals surface area contributed by atoms with Crippen LogP contribution in [-0.2, 0) is 0 Å². The predicted octanol–water partition coefficient (Wildman–Crippen LogP) is 5.29. The summed E-state index contributed by atoms with van der Waals surface area (Å²) < 4.78 is 1.03. The number of unbranched alkanes of at least 4 members (excludes halogenated alkanes) is 2. The lowest BCUT2D eigenvalue weighted by molar-refractivity contribution is 0.545. The van der Waals surface area contributed by atoms with Gasteiger partial charge in [0, 0.05) is 15.5 Å². The Labute approximate surface area is 128 Å². The minimum atomic E-state index is 0.311. The van der Waals surface area contributed by atoms with Crippen LogP contribution in [0.15, 0.2) is 22.7 Å². The predicted molar refractivity (Wildman–Crippen MR) is 87.8 cm³/mol. The van der Waals surface area contributed by atoms with Gasteiger partial charge < -0.3 is 5.32 Å². The summed E-state index contributed by atoms with van der Waals surface area (Å²) in [6.07, 6.45) is 6.01. The van der Waals surface area contributed by atoms with Gasteiger partial charge in [-0.3, -0.25) is 0 Å². The zero-order chi connectivity index (χ0) is 13.4. The highest BCUT2D eigenvalue weighted by Gasteiger charge is 2.08. The molecule has 0 aromatic heterocycles. The van der Waals surface area contributed by atoms with Gasteiger partial charge in [0.05, 0.1) is 0 Å². The Hall–Kier alpha value is 0.300. The molecule has 102 valence electrons. The van der Waals surface area contributed by atoms with Gasteiger partial charge in [0.25, 0.3) is 0 Å². The average molecular weight is 351 g/mol. The van der Waals surface area contributed by atoms with Crippen LogP contribution >= 0.6 is 39.3 Å². The molecule has 1 nitrogen and oxygen atoms in total. The molecule has 0 bridgehead atoms. The highest BCUT2D eigenvalue weighted by Crippen LogP contribution is 2.26. The number of hydrogen-bond acceptors (Lipinski definition) is 2. The van der Waals surface area contributed by atoms with E-state index < -0.39 is 0 Å². The molecule has 0 saturated heterocycles. The topological polar surface area (TPSA) is 12.0 Å². The van der Waals surface area contributed by atoms with Crippen molar-refractivity contribution >= 4 is 39.3 Å². The van der Waals surface area contributed by atoms with Gasteiger partial charge in [-0.25, -0.2) is 0 Å². The molecule has 0 aliphatic heterocycles. The number of nitrogens with one attached hydrogen (secondary N) is 1. The summed E-state index contributed by atoms with van der Waals surface area (Å²) in [5.41, 5.74) is 1.17. The monoisotopic (exact) mass is 349 g/mol. The third kappa shape index (κ3) is 5.96. The van der Waals surface area contributed by atoms with Crippen molar-refractivity contribution in [1.82, 2.24) is 5.32 Å². The SMILES string of the molecule is CSCCCCCNC(C)c1ccc(Br)cc1Cl. The average Bonchev–Trinajstić information content (AvgIpc) is 2.33. The molecule has 1 aromatic rings. The Morgan fingerprint density at radius 1 is 1.33 bits per heavy atom. The van der Waals surface area contributed by atoms with Crippen LogP contribution in [0, 0.1) is 0 Å². The van der Waals surface area contributed by atoms with Gasteiger partial charge in [-0.1, -0.05) is 40.0 Å². The second-order valence-electron chi connectivity index (χ2n) is 4.40. The van der Waals surface area contributed by atoms with E-state index in [0.717, 1.165) is 16.0 Å². The maximum absolute atomic E-state index is 6.23. The van der Waals surface area contributed by atoms with Gasteiger partial charge in [0.1, 0.15) is 0 Å². The number of benzene rings is 1. The second-order valence-corrected chi connectivity index (χ2v) is 6.70. The molecule has 4 heteroatoms. The lowest BCUT2D eigenvalue weighted by Crippen LogP contribution is -2.20. The first-order valence-corrected chi connectivity index (χ1v) is 8.89. The second kappa shape index (κ2) is 9.24. The van der Waals surface area contributed by atoms with Crippen LogP contribution in [0.5, 0.6) is 0 Å². The molecule has 0 heterocycles. The molecule has 1 aromatic carbocycles. The largest absolute Gasteiger partial charge is 0.310 e. The third-order valence-corrected chi connectivity index (χ3v) is 4.42. The Bertz CT molecular complexity index is 360. The van der Waals surface area contributed by atoms with E-state index in [1.807, 2.05) is 23.9 Å². The Kier molecular flexibility index (Phi) is 8.40. The lowest BCUT2D eigenvalue weighted by atomic mass is 10.1. The van der Waals surface area contributed by atoms with Crippen LogP contribution in [-0.4, -0.2) is 18.6 Å². The van der Waals surface area contributed by atoms with Gasteiger partial charge in [-0.2, -0.15) is 11.8 Å². The molecule has 0 radical (unpaired) electrons. The molecule has 1 unspecified atom stereocenters. The van der Waals surface area contributed by atoms with Crippen molar-refractivity contribution < 1.29 is 0 Å². The minimum Gasteiger partial charge on any atom is -0.310 e. The van der Waals surface area contributed by atoms with Crippen LogP contribution in [0.2, 0.25) is 5.02 Å². The lowest BCUT2D eigenvalue weighted by Gasteiger charge is -2.15. The maximum Gasteiger partial charge on any atom is 0.0464 e. The summed E-state index contributed by atoms with van der Waals surface area (Å²) in [6, 6.07) is 6.38. The number of hydrogen-bond donors (Lipinski definition) is 1. The van der Waals surface area contributed by atoms with E-state index in [9.17, 15) is 0 Å². The summed E-state index contributed by atoms with van der Waals surface area (Å²) in [6.45, 7) is 3.22. The smallest absolute Gasteiger partial charge is 0.0464 e. The number of halogens is 2. The highest BCUT2D eigenvalue weighted by molar-refractivity contribution is 9.10. The highest BCUT2D eigenvalue weighted by atomic mass is 79.9. The van der Waals surface area contributed by atoms with Gasteiger partial charge in [-0.15, -0.1) is 0 Å². The zero-order valence-electron chi connectivity index (χ0n) is 11.0. The molecule has 0 spiro atoms. The first-order valence-electron chi connectivity index (χ1n) is 6.32. The van der Waals surface area contributed by atoms with E-state index in [4.69, 9.17) is 11.6 Å². The normalized spacial score (nSPS) is 12.7. The first kappa shape index (κ1) is 16.4. The first-order chi connectivity index (χ1) is 8.65. The molecule has 0 aliphatic rings. The molecule has 0 aliphatic carbocycles. The zero-order valence-corrected chi connectivity index (χ0v) is 14.2. The van der Waals surface area contributed by atoms with E-state index in [1.54, 1.807) is 0 Å².